The number of likely N-dealkylation sites (tertiary alicyclic amines) is 1. The Morgan fingerprint density at radius 2 is 2.00 bits per heavy atom. The van der Waals surface area contributed by atoms with Gasteiger partial charge in [-0.15, -0.1) is 0 Å². The van der Waals surface area contributed by atoms with Gasteiger partial charge in [-0.05, 0) is 42.3 Å². The van der Waals surface area contributed by atoms with Gasteiger partial charge in [0, 0.05) is 25.1 Å². The van der Waals surface area contributed by atoms with Crippen LogP contribution < -0.4 is 9.47 Å². The van der Waals surface area contributed by atoms with E-state index in [1.807, 2.05) is 18.2 Å². The summed E-state index contributed by atoms with van der Waals surface area (Å²) in [5.41, 5.74) is 1.50. The van der Waals surface area contributed by atoms with Crippen LogP contribution in [0, 0.1) is 5.82 Å². The van der Waals surface area contributed by atoms with Gasteiger partial charge in [-0.1, -0.05) is 22.8 Å². The predicted octanol–water partition coefficient (Wildman–Crippen LogP) is 4.10. The molecule has 1 amide bonds. The number of hydrogen-bond acceptors (Lipinski definition) is 6. The van der Waals surface area contributed by atoms with Crippen molar-refractivity contribution in [1.82, 2.24) is 15.0 Å². The first-order valence-electron chi connectivity index (χ1n) is 9.76. The summed E-state index contributed by atoms with van der Waals surface area (Å²) in [4.78, 5) is 18.6. The lowest BCUT2D eigenvalue weighted by Gasteiger charge is -2.16. The van der Waals surface area contributed by atoms with E-state index in [-0.39, 0.29) is 22.7 Å². The summed E-state index contributed by atoms with van der Waals surface area (Å²) < 4.78 is 29.7. The van der Waals surface area contributed by atoms with E-state index >= 15 is 0 Å². The van der Waals surface area contributed by atoms with Crippen molar-refractivity contribution in [2.75, 3.05) is 27.3 Å². The van der Waals surface area contributed by atoms with E-state index in [0.29, 0.717) is 48.9 Å². The second-order valence-electron chi connectivity index (χ2n) is 7.27. The predicted molar refractivity (Wildman–Crippen MR) is 112 cm³/mol. The highest BCUT2D eigenvalue weighted by atomic mass is 35.5. The highest BCUT2D eigenvalue weighted by molar-refractivity contribution is 6.30. The van der Waals surface area contributed by atoms with E-state index in [1.54, 1.807) is 25.2 Å². The average Bonchev–Trinajstić information content (AvgIpc) is 3.41. The third kappa shape index (κ3) is 4.49. The second kappa shape index (κ2) is 8.93. The smallest absolute Gasteiger partial charge is 0.232 e. The van der Waals surface area contributed by atoms with Crippen LogP contribution >= 0.6 is 11.6 Å². The molecule has 7 nitrogen and oxygen atoms in total. The number of methoxy groups -OCH3 is 2. The van der Waals surface area contributed by atoms with Gasteiger partial charge >= 0.3 is 0 Å². The Morgan fingerprint density at radius 3 is 2.74 bits per heavy atom. The van der Waals surface area contributed by atoms with Gasteiger partial charge in [0.25, 0.3) is 0 Å². The number of nitrogens with zero attached hydrogens (tertiary/aromatic N) is 3. The molecule has 1 unspecified atom stereocenters. The minimum atomic E-state index is -0.553. The van der Waals surface area contributed by atoms with Gasteiger partial charge in [0.15, 0.2) is 11.5 Å². The maximum Gasteiger partial charge on any atom is 0.232 e. The standard InChI is InChI=1S/C22H21ClFN3O4/c1-29-18-6-3-13(9-19(18)30-2)7-8-27-12-15(11-20(27)28)22-25-21(26-31-22)14-4-5-16(23)17(24)10-14/h3-6,9-10,15H,7-8,11-12H2,1-2H3. The van der Waals surface area contributed by atoms with Gasteiger partial charge < -0.3 is 18.9 Å². The number of ether oxygens (including phenoxy) is 2. The number of benzene rings is 2. The van der Waals surface area contributed by atoms with Crippen molar-refractivity contribution in [3.05, 3.63) is 58.7 Å². The molecule has 0 saturated carbocycles. The molecule has 1 aromatic heterocycles. The third-order valence-corrected chi connectivity index (χ3v) is 5.61. The zero-order valence-electron chi connectivity index (χ0n) is 17.1. The Balaban J connectivity index is 1.40. The summed E-state index contributed by atoms with van der Waals surface area (Å²) in [6, 6.07) is 10.0. The number of halogens is 2. The highest BCUT2D eigenvalue weighted by Gasteiger charge is 2.34. The van der Waals surface area contributed by atoms with Gasteiger partial charge in [0.1, 0.15) is 5.82 Å². The third-order valence-electron chi connectivity index (χ3n) is 5.30. The summed E-state index contributed by atoms with van der Waals surface area (Å²) in [6.45, 7) is 1.05. The largest absolute Gasteiger partial charge is 0.493 e. The molecule has 2 heterocycles. The maximum atomic E-state index is 13.7. The van der Waals surface area contributed by atoms with Crippen molar-refractivity contribution in [2.45, 2.75) is 18.8 Å². The van der Waals surface area contributed by atoms with E-state index in [0.717, 1.165) is 5.56 Å². The van der Waals surface area contributed by atoms with Crippen LogP contribution in [0.2, 0.25) is 5.02 Å². The number of carbonyl (C=O) groups is 1. The fourth-order valence-electron chi connectivity index (χ4n) is 3.61. The topological polar surface area (TPSA) is 77.7 Å². The summed E-state index contributed by atoms with van der Waals surface area (Å²) >= 11 is 5.72. The molecule has 9 heteroatoms. The van der Waals surface area contributed by atoms with E-state index in [4.69, 9.17) is 25.6 Å². The molecule has 3 aromatic rings. The molecule has 1 aliphatic heterocycles. The molecule has 4 rings (SSSR count). The fourth-order valence-corrected chi connectivity index (χ4v) is 3.72. The Labute approximate surface area is 183 Å². The maximum absolute atomic E-state index is 13.7. The number of carbonyl (C=O) groups excluding carboxylic acids is 1. The second-order valence-corrected chi connectivity index (χ2v) is 7.67. The van der Waals surface area contributed by atoms with Gasteiger partial charge in [-0.2, -0.15) is 4.98 Å². The Morgan fingerprint density at radius 1 is 1.19 bits per heavy atom. The quantitative estimate of drug-likeness (QED) is 0.544. The molecule has 31 heavy (non-hydrogen) atoms. The molecule has 0 radical (unpaired) electrons. The first kappa shape index (κ1) is 21.1. The lowest BCUT2D eigenvalue weighted by Crippen LogP contribution is -2.27. The lowest BCUT2D eigenvalue weighted by atomic mass is 10.1. The Kier molecular flexibility index (Phi) is 6.08. The van der Waals surface area contributed by atoms with E-state index < -0.39 is 5.82 Å². The summed E-state index contributed by atoms with van der Waals surface area (Å²) in [5, 5.41) is 3.96. The molecule has 0 aliphatic carbocycles. The highest BCUT2D eigenvalue weighted by Crippen LogP contribution is 2.31. The van der Waals surface area contributed by atoms with Gasteiger partial charge in [-0.25, -0.2) is 4.39 Å². The van der Waals surface area contributed by atoms with Crippen molar-refractivity contribution in [2.24, 2.45) is 0 Å². The molecule has 1 fully saturated rings. The van der Waals surface area contributed by atoms with Crippen molar-refractivity contribution < 1.29 is 23.2 Å². The molecule has 162 valence electrons. The van der Waals surface area contributed by atoms with Gasteiger partial charge in [0.05, 0.1) is 25.2 Å². The molecule has 1 atom stereocenters. The van der Waals surface area contributed by atoms with Crippen molar-refractivity contribution >= 4 is 17.5 Å². The zero-order chi connectivity index (χ0) is 22.0. The zero-order valence-corrected chi connectivity index (χ0v) is 17.9. The van der Waals surface area contributed by atoms with Crippen molar-refractivity contribution in [1.29, 1.82) is 0 Å². The minimum absolute atomic E-state index is 0.0268. The van der Waals surface area contributed by atoms with Crippen molar-refractivity contribution in [3.8, 4) is 22.9 Å². The van der Waals surface area contributed by atoms with Crippen LogP contribution in [-0.2, 0) is 11.2 Å². The first-order chi connectivity index (χ1) is 15.0. The Bertz CT molecular complexity index is 1100. The number of aromatic nitrogens is 2. The van der Waals surface area contributed by atoms with Crippen LogP contribution in [0.25, 0.3) is 11.4 Å². The molecule has 1 aliphatic rings. The summed E-state index contributed by atoms with van der Waals surface area (Å²) in [5.74, 6) is 1.23. The number of rotatable bonds is 7. The molecule has 2 aromatic carbocycles. The monoisotopic (exact) mass is 445 g/mol. The number of amides is 1. The molecule has 0 spiro atoms. The van der Waals surface area contributed by atoms with Gasteiger partial charge in [-0.3, -0.25) is 4.79 Å². The van der Waals surface area contributed by atoms with Crippen LogP contribution in [-0.4, -0.2) is 48.3 Å². The van der Waals surface area contributed by atoms with Crippen LogP contribution in [0.1, 0.15) is 23.8 Å². The Hall–Kier alpha value is -3.13. The van der Waals surface area contributed by atoms with Crippen molar-refractivity contribution in [3.63, 3.8) is 0 Å². The molecule has 1 saturated heterocycles. The first-order valence-corrected chi connectivity index (χ1v) is 10.1. The lowest BCUT2D eigenvalue weighted by molar-refractivity contribution is -0.127. The molecular formula is C22H21ClFN3O4. The summed E-state index contributed by atoms with van der Waals surface area (Å²) in [6.07, 6.45) is 0.973. The summed E-state index contributed by atoms with van der Waals surface area (Å²) in [7, 11) is 3.18. The fraction of sp³-hybridized carbons (Fsp3) is 0.318. The van der Waals surface area contributed by atoms with E-state index in [2.05, 4.69) is 10.1 Å². The van der Waals surface area contributed by atoms with Crippen LogP contribution in [0.5, 0.6) is 11.5 Å². The SMILES string of the molecule is COc1ccc(CCN2CC(c3nc(-c4ccc(Cl)c(F)c4)no3)CC2=O)cc1OC. The number of hydrogen-bond donors (Lipinski definition) is 0. The normalized spacial score (nSPS) is 16.1. The minimum Gasteiger partial charge on any atom is -0.493 e. The van der Waals surface area contributed by atoms with Gasteiger partial charge in [0.2, 0.25) is 17.6 Å². The average molecular weight is 446 g/mol. The van der Waals surface area contributed by atoms with E-state index in [9.17, 15) is 9.18 Å². The molecule has 0 N–H and O–H groups in total. The van der Waals surface area contributed by atoms with Crippen LogP contribution in [0.3, 0.4) is 0 Å². The van der Waals surface area contributed by atoms with Crippen LogP contribution in [0.15, 0.2) is 40.9 Å². The molecule has 0 bridgehead atoms. The van der Waals surface area contributed by atoms with E-state index in [1.165, 1.54) is 12.1 Å². The van der Waals surface area contributed by atoms with Crippen LogP contribution in [0.4, 0.5) is 4.39 Å². The molecular weight excluding hydrogens is 425 g/mol.